The number of aliphatic hydroxyl groups excluding tert-OH is 10. The van der Waals surface area contributed by atoms with Crippen LogP contribution in [-0.4, -0.2) is 188 Å². The lowest BCUT2D eigenvalue weighted by Gasteiger charge is -2.61. The Hall–Kier alpha value is -0.720. The topological polar surface area (TPSA) is 276 Å². The molecule has 27 atom stereocenters. The molecule has 0 aromatic rings. The normalized spacial score (nSPS) is 58.2. The summed E-state index contributed by atoms with van der Waals surface area (Å²) in [4.78, 5) is 0. The van der Waals surface area contributed by atoms with Crippen molar-refractivity contribution in [2.45, 2.75) is 202 Å². The van der Waals surface area contributed by atoms with Gasteiger partial charge in [-0.15, -0.1) is 0 Å². The highest BCUT2D eigenvalue weighted by atomic mass is 16.8. The summed E-state index contributed by atoms with van der Waals surface area (Å²) in [5.74, 6) is 3.35. The van der Waals surface area contributed by atoms with Gasteiger partial charge in [-0.3, -0.25) is 0 Å². The van der Waals surface area contributed by atoms with Crippen LogP contribution in [0.25, 0.3) is 0 Å². The zero-order valence-corrected chi connectivity index (χ0v) is 37.0. The largest absolute Gasteiger partial charge is 0.394 e. The Kier molecular flexibility index (Phi) is 13.5. The molecule has 0 aromatic carbocycles. The predicted molar refractivity (Wildman–Crippen MR) is 216 cm³/mol. The van der Waals surface area contributed by atoms with Crippen LogP contribution < -0.4 is 0 Å². The molecule has 9 rings (SSSR count). The molecule has 5 saturated heterocycles. The molecule has 10 N–H and O–H groups in total. The first-order valence-electron chi connectivity index (χ1n) is 23.8. The molecule has 5 aliphatic heterocycles. The molecule has 63 heavy (non-hydrogen) atoms. The number of ether oxygens (including phenoxy) is 8. The monoisotopic (exact) mass is 902 g/mol. The molecule has 0 amide bonds. The smallest absolute Gasteiger partial charge is 0.187 e. The third-order valence-electron chi connectivity index (χ3n) is 18.3. The molecule has 1 spiro atoms. The number of hydrogen-bond acceptors (Lipinski definition) is 18. The zero-order valence-electron chi connectivity index (χ0n) is 37.0. The van der Waals surface area contributed by atoms with Gasteiger partial charge in [-0.25, -0.2) is 0 Å². The highest BCUT2D eigenvalue weighted by Crippen LogP contribution is 2.71. The minimum atomic E-state index is -1.90. The summed E-state index contributed by atoms with van der Waals surface area (Å²) in [6.45, 7) is 8.27. The molecule has 18 nitrogen and oxygen atoms in total. The number of hydrogen-bond donors (Lipinski definition) is 10. The van der Waals surface area contributed by atoms with E-state index in [-0.39, 0.29) is 23.0 Å². The molecule has 0 aromatic heterocycles. The van der Waals surface area contributed by atoms with Crippen molar-refractivity contribution in [3.63, 3.8) is 0 Å². The van der Waals surface area contributed by atoms with Crippen LogP contribution in [0.2, 0.25) is 0 Å². The first kappa shape index (κ1) is 47.4. The number of fused-ring (bicyclic) bond motifs is 7. The van der Waals surface area contributed by atoms with E-state index in [1.165, 1.54) is 19.3 Å². The lowest BCUT2D eigenvalue weighted by Crippen LogP contribution is -2.66. The molecule has 0 radical (unpaired) electrons. The van der Waals surface area contributed by atoms with Gasteiger partial charge in [0.1, 0.15) is 73.2 Å². The minimum Gasteiger partial charge on any atom is -0.394 e. The standard InChI is InChI=1S/C45H74O18/c1-19-7-12-45(56-18-19)20(2)30-26(63-45)14-25-23-6-5-21-13-22(8-10-43(21,3)24(23)9-11-44(25,30)4)57-40-36(54)33(51)38(28(16-47)59-40)62-42-37(55)34(52)39(29(17-48)60-42)61-41-35(53)32(50)31(49)27(15-46)58-41/h19-42,46-55H,5-18H2,1-4H3/t19-,20+,21-,22-,23-,24+,25-,26+,27-,28-,29-,30+,31-,32+,33-,34-,35-,36-,37-,38-,39-,40-,41+,42+,43-,44-,45-/m1/s1. The van der Waals surface area contributed by atoms with Gasteiger partial charge >= 0.3 is 0 Å². The second-order valence-electron chi connectivity index (χ2n) is 21.5. The van der Waals surface area contributed by atoms with Gasteiger partial charge in [0.2, 0.25) is 0 Å². The Labute approximate surface area is 369 Å². The molecule has 18 heteroatoms. The average Bonchev–Trinajstić information content (AvgIpc) is 3.72. The van der Waals surface area contributed by atoms with Crippen LogP contribution in [0.4, 0.5) is 0 Å². The third-order valence-corrected chi connectivity index (χ3v) is 18.3. The zero-order chi connectivity index (χ0) is 44.9. The molecule has 0 bridgehead atoms. The highest BCUT2D eigenvalue weighted by Gasteiger charge is 2.69. The Morgan fingerprint density at radius 3 is 1.71 bits per heavy atom. The van der Waals surface area contributed by atoms with Crippen LogP contribution in [0.5, 0.6) is 0 Å². The van der Waals surface area contributed by atoms with Crippen LogP contribution in [0.3, 0.4) is 0 Å². The molecule has 9 fully saturated rings. The summed E-state index contributed by atoms with van der Waals surface area (Å²) < 4.78 is 48.6. The molecule has 5 heterocycles. The van der Waals surface area contributed by atoms with Gasteiger partial charge < -0.3 is 89.0 Å². The van der Waals surface area contributed by atoms with Crippen molar-refractivity contribution in [2.24, 2.45) is 52.3 Å². The van der Waals surface area contributed by atoms with Crippen molar-refractivity contribution in [3.05, 3.63) is 0 Å². The number of rotatable bonds is 9. The van der Waals surface area contributed by atoms with Gasteiger partial charge in [0, 0.05) is 12.3 Å². The van der Waals surface area contributed by atoms with Crippen LogP contribution in [0.15, 0.2) is 0 Å². The average molecular weight is 903 g/mol. The van der Waals surface area contributed by atoms with Gasteiger partial charge in [0.25, 0.3) is 0 Å². The van der Waals surface area contributed by atoms with E-state index in [1.54, 1.807) is 0 Å². The first-order valence-corrected chi connectivity index (χ1v) is 23.8. The van der Waals surface area contributed by atoms with Crippen molar-refractivity contribution < 1.29 is 89.0 Å². The van der Waals surface area contributed by atoms with Gasteiger partial charge in [-0.1, -0.05) is 27.7 Å². The van der Waals surface area contributed by atoms with Crippen molar-refractivity contribution in [1.82, 2.24) is 0 Å². The van der Waals surface area contributed by atoms with Crippen molar-refractivity contribution >= 4 is 0 Å². The van der Waals surface area contributed by atoms with E-state index >= 15 is 0 Å². The summed E-state index contributed by atoms with van der Waals surface area (Å²) in [6.07, 6.45) is -13.7. The molecule has 4 saturated carbocycles. The Bertz CT molecular complexity index is 1560. The van der Waals surface area contributed by atoms with Gasteiger partial charge in [0.15, 0.2) is 24.7 Å². The quantitative estimate of drug-likeness (QED) is 0.128. The fourth-order valence-corrected chi connectivity index (χ4v) is 14.7. The maximum atomic E-state index is 11.4. The lowest BCUT2D eigenvalue weighted by molar-refractivity contribution is -0.381. The van der Waals surface area contributed by atoms with Crippen LogP contribution in [-0.2, 0) is 37.9 Å². The summed E-state index contributed by atoms with van der Waals surface area (Å²) >= 11 is 0. The molecule has 4 aliphatic carbocycles. The molecule has 0 unspecified atom stereocenters. The lowest BCUT2D eigenvalue weighted by atomic mass is 9.44. The Morgan fingerprint density at radius 1 is 0.556 bits per heavy atom. The van der Waals surface area contributed by atoms with Crippen molar-refractivity contribution in [2.75, 3.05) is 26.4 Å². The fourth-order valence-electron chi connectivity index (χ4n) is 14.7. The second-order valence-corrected chi connectivity index (χ2v) is 21.5. The molecule has 362 valence electrons. The fraction of sp³-hybridized carbons (Fsp3) is 1.00. The van der Waals surface area contributed by atoms with Crippen LogP contribution >= 0.6 is 0 Å². The van der Waals surface area contributed by atoms with E-state index in [0.717, 1.165) is 51.6 Å². The van der Waals surface area contributed by atoms with E-state index in [1.807, 2.05) is 0 Å². The van der Waals surface area contributed by atoms with Gasteiger partial charge in [-0.05, 0) is 104 Å². The van der Waals surface area contributed by atoms with Crippen LogP contribution in [0.1, 0.15) is 91.9 Å². The summed E-state index contributed by atoms with van der Waals surface area (Å²) in [5.41, 5.74) is 0.382. The molecule has 9 aliphatic rings. The van der Waals surface area contributed by atoms with E-state index < -0.39 is 118 Å². The number of aliphatic hydroxyl groups is 10. The van der Waals surface area contributed by atoms with E-state index in [9.17, 15) is 51.1 Å². The van der Waals surface area contributed by atoms with Crippen molar-refractivity contribution in [3.8, 4) is 0 Å². The first-order chi connectivity index (χ1) is 30.0. The highest BCUT2D eigenvalue weighted by molar-refractivity contribution is 5.15. The summed E-state index contributed by atoms with van der Waals surface area (Å²) in [6, 6.07) is 0. The molecular weight excluding hydrogens is 828 g/mol. The Balaban J connectivity index is 0.800. The molecular formula is C45H74O18. The second kappa shape index (κ2) is 18.0. The van der Waals surface area contributed by atoms with Gasteiger partial charge in [0.05, 0.1) is 38.6 Å². The van der Waals surface area contributed by atoms with E-state index in [2.05, 4.69) is 27.7 Å². The SMILES string of the molecule is C[C@@H]1CC[C@@]2(OC1)O[C@H]1C[C@@H]3[C@@H]4CC[C@@H]5C[C@H](O[C@@H]6O[C@H](CO)[C@@H](O[C@@H]7O[C@H](CO)[C@@H](O[C@@H]8O[C@H](CO)[C@@H](O)[C@H](O)[C@H]8O)[C@H](O)[C@H]7O)[C@H](O)[C@H]6O)CC[C@@]5(C)[C@H]4CC[C@@]3(C)[C@H]1[C@@H]2C. The van der Waals surface area contributed by atoms with Crippen LogP contribution in [0, 0.1) is 52.3 Å². The maximum Gasteiger partial charge on any atom is 0.187 e. The van der Waals surface area contributed by atoms with Gasteiger partial charge in [-0.2, -0.15) is 0 Å². The Morgan fingerprint density at radius 2 is 1.13 bits per heavy atom. The third kappa shape index (κ3) is 7.88. The van der Waals surface area contributed by atoms with E-state index in [4.69, 9.17) is 37.9 Å². The summed E-state index contributed by atoms with van der Waals surface area (Å²) in [5, 5.41) is 106. The maximum absolute atomic E-state index is 11.4. The predicted octanol–water partition coefficient (Wildman–Crippen LogP) is -0.734. The van der Waals surface area contributed by atoms with Crippen molar-refractivity contribution in [1.29, 1.82) is 0 Å². The minimum absolute atomic E-state index is 0.146. The van der Waals surface area contributed by atoms with E-state index in [0.29, 0.717) is 41.4 Å². The summed E-state index contributed by atoms with van der Waals surface area (Å²) in [7, 11) is 0.